The van der Waals surface area contributed by atoms with Crippen LogP contribution >= 0.6 is 0 Å². The number of nitriles is 5. The largest absolute Gasteiger partial charge is 0.424 e. The second-order valence-electron chi connectivity index (χ2n) is 31.2. The minimum atomic E-state index is -0.373. The number of benzene rings is 12. The summed E-state index contributed by atoms with van der Waals surface area (Å²) in [6.45, 7) is 26.9. The molecule has 1 heterocycles. The van der Waals surface area contributed by atoms with Crippen LogP contribution in [0.15, 0.2) is 272 Å². The van der Waals surface area contributed by atoms with Crippen LogP contribution in [0.4, 0.5) is 5.69 Å². The average Bonchev–Trinajstić information content (AvgIpc) is 0.800. The number of carbonyl (C=O) groups excluding carboxylic acids is 1. The van der Waals surface area contributed by atoms with Crippen molar-refractivity contribution >= 4 is 11.8 Å². The smallest absolute Gasteiger partial charge is 0.331 e. The fourth-order valence-electron chi connectivity index (χ4n) is 14.2. The third-order valence-electron chi connectivity index (χ3n) is 21.5. The van der Waals surface area contributed by atoms with E-state index in [-0.39, 0.29) is 53.0 Å². The van der Waals surface area contributed by atoms with Gasteiger partial charge in [0.05, 0.1) is 5.69 Å². The fourth-order valence-corrected chi connectivity index (χ4v) is 14.2. The van der Waals surface area contributed by atoms with Crippen LogP contribution in [0.2, 0.25) is 0 Å². The number of aliphatic imine (C=N–C) groups is 1. The molecule has 13 rings (SSSR count). The normalized spacial score (nSPS) is 10.7. The number of hydrogen-bond acceptors (Lipinski definition) is 21. The van der Waals surface area contributed by atoms with Crippen LogP contribution in [0, 0.1) is 123 Å². The maximum atomic E-state index is 10.7. The summed E-state index contributed by atoms with van der Waals surface area (Å²) in [7, 11) is 0. The molecule has 13 aromatic rings. The van der Waals surface area contributed by atoms with E-state index in [4.69, 9.17) is 97.7 Å². The summed E-state index contributed by atoms with van der Waals surface area (Å²) < 4.78 is 58.3. The molecule has 12 aromatic carbocycles. The molecule has 0 spiro atoms. The van der Waals surface area contributed by atoms with Gasteiger partial charge in [-0.3, -0.25) is 0 Å². The van der Waals surface area contributed by atoms with Gasteiger partial charge < -0.3 is 52.1 Å². The molecule has 0 bridgehead atoms. The highest BCUT2D eigenvalue weighted by Gasteiger charge is 2.28. The molecule has 21 heteroatoms. The van der Waals surface area contributed by atoms with Crippen molar-refractivity contribution in [3.8, 4) is 150 Å². The molecule has 1 atom stereocenters. The van der Waals surface area contributed by atoms with Gasteiger partial charge in [-0.2, -0.15) is 4.99 Å². The van der Waals surface area contributed by atoms with Crippen LogP contribution in [-0.4, -0.2) is 21.0 Å². The van der Waals surface area contributed by atoms with Crippen molar-refractivity contribution in [2.24, 2.45) is 4.99 Å². The van der Waals surface area contributed by atoms with E-state index in [0.29, 0.717) is 63.2 Å². The molecule has 0 saturated carbocycles. The lowest BCUT2D eigenvalue weighted by atomic mass is 9.78. The molecule has 0 aliphatic heterocycles. The summed E-state index contributed by atoms with van der Waals surface area (Å²) in [4.78, 5) is 27.9. The van der Waals surface area contributed by atoms with Crippen LogP contribution in [0.1, 0.15) is 165 Å². The van der Waals surface area contributed by atoms with E-state index < -0.39 is 0 Å². The minimum absolute atomic E-state index is 0. The fraction of sp³-hybridized carbons (Fsp3) is 0.187. The van der Waals surface area contributed by atoms with E-state index in [1.54, 1.807) is 98.0 Å². The van der Waals surface area contributed by atoms with Gasteiger partial charge in [0.2, 0.25) is 6.08 Å². The molecule has 638 valence electrons. The number of terminal acetylenes is 3. The Morgan fingerprint density at radius 1 is 0.312 bits per heavy atom. The number of hydrogen-bond donors (Lipinski definition) is 0. The zero-order valence-corrected chi connectivity index (χ0v) is 72.3. The van der Waals surface area contributed by atoms with Gasteiger partial charge in [0, 0.05) is 27.6 Å². The van der Waals surface area contributed by atoms with E-state index >= 15 is 0 Å². The number of ether oxygens (including phenoxy) is 11. The van der Waals surface area contributed by atoms with Crippen molar-refractivity contribution in [1.82, 2.24) is 15.0 Å². The Balaban J connectivity index is 0.000000230. The zero-order chi connectivity index (χ0) is 91.3. The van der Waals surface area contributed by atoms with E-state index in [1.807, 2.05) is 210 Å². The number of aryl methyl sites for hydroxylation is 4. The number of isocyanates is 1. The Morgan fingerprint density at radius 2 is 0.523 bits per heavy atom. The Morgan fingerprint density at radius 3 is 0.750 bits per heavy atom. The lowest BCUT2D eigenvalue weighted by molar-refractivity contribution is 0.362. The summed E-state index contributed by atoms with van der Waals surface area (Å²) >= 11 is 0. The highest BCUT2D eigenvalue weighted by molar-refractivity contribution is 5.54. The van der Waals surface area contributed by atoms with Gasteiger partial charge in [0.15, 0.2) is 0 Å². The molecule has 0 fully saturated rings. The minimum Gasteiger partial charge on any atom is -0.424 e. The Bertz CT molecular complexity index is 6010. The van der Waals surface area contributed by atoms with Gasteiger partial charge in [-0.25, -0.2) is 4.79 Å². The molecule has 0 amide bonds. The van der Waals surface area contributed by atoms with Gasteiger partial charge in [-0.05, 0) is 244 Å². The second kappa shape index (κ2) is 44.1. The van der Waals surface area contributed by atoms with Crippen molar-refractivity contribution in [2.45, 2.75) is 131 Å². The topological polar surface area (TPSA) is 289 Å². The molecule has 0 radical (unpaired) electrons. The SMILES string of the molecule is C.C#COc1c(C)cc(Cc2cc(C)c(OC#N)c(C)c2)cc1C.C#COc1ccc(C(C)(C)c2ccc(OC#N)cc2)cc1.C#COc1ccc(C(C)c2ccc(OC#N)cc2)cc1.CC(C)(c1ccc(N=C=O)cc1)c1ccc(Oc2nc(Oc3ccc(C(C)(C)c4ccc(OC#N)cc4)cc3)nc(Oc3ccc(C(C)(C)c4ccc(OC#N)cc4)cc3)n2)cc1. The molecule has 0 N–H and O–H groups in total. The third kappa shape index (κ3) is 24.9. The number of rotatable bonds is 27. The molecular formula is C107H93N9O12. The lowest BCUT2D eigenvalue weighted by Crippen LogP contribution is -2.18. The monoisotopic (exact) mass is 1700 g/mol. The van der Waals surface area contributed by atoms with E-state index in [2.05, 4.69) is 125 Å². The van der Waals surface area contributed by atoms with Crippen molar-refractivity contribution in [2.75, 3.05) is 0 Å². The zero-order valence-electron chi connectivity index (χ0n) is 72.3. The van der Waals surface area contributed by atoms with Crippen molar-refractivity contribution in [3.05, 3.63) is 356 Å². The van der Waals surface area contributed by atoms with Gasteiger partial charge in [0.25, 0.3) is 31.3 Å². The van der Waals surface area contributed by atoms with Crippen LogP contribution < -0.4 is 52.1 Å². The van der Waals surface area contributed by atoms with Crippen LogP contribution in [0.25, 0.3) is 0 Å². The maximum Gasteiger partial charge on any atom is 0.331 e. The van der Waals surface area contributed by atoms with Gasteiger partial charge in [0.1, 0.15) is 81.6 Å². The quantitative estimate of drug-likeness (QED) is 0.0200. The van der Waals surface area contributed by atoms with Crippen molar-refractivity contribution in [1.29, 1.82) is 26.3 Å². The first-order chi connectivity index (χ1) is 61.0. The first-order valence-corrected chi connectivity index (χ1v) is 39.9. The predicted molar refractivity (Wildman–Crippen MR) is 489 cm³/mol. The predicted octanol–water partition coefficient (Wildman–Crippen LogP) is 24.4. The van der Waals surface area contributed by atoms with Gasteiger partial charge in [-0.15, -0.1) is 41.3 Å². The van der Waals surface area contributed by atoms with Crippen molar-refractivity contribution in [3.63, 3.8) is 0 Å². The second-order valence-corrected chi connectivity index (χ2v) is 31.2. The Hall–Kier alpha value is -17.0. The van der Waals surface area contributed by atoms with Gasteiger partial charge >= 0.3 is 18.0 Å². The van der Waals surface area contributed by atoms with Crippen molar-refractivity contribution < 1.29 is 56.9 Å². The highest BCUT2D eigenvalue weighted by Crippen LogP contribution is 2.41. The first-order valence-electron chi connectivity index (χ1n) is 39.9. The Kier molecular flexibility index (Phi) is 32.7. The molecule has 0 saturated heterocycles. The van der Waals surface area contributed by atoms with Crippen LogP contribution in [0.5, 0.6) is 81.3 Å². The number of aromatic nitrogens is 3. The molecule has 128 heavy (non-hydrogen) atoms. The maximum absolute atomic E-state index is 10.7. The average molecular weight is 1700 g/mol. The molecule has 0 aliphatic carbocycles. The Labute approximate surface area is 748 Å². The first kappa shape index (κ1) is 94.8. The van der Waals surface area contributed by atoms with Crippen LogP contribution in [0.3, 0.4) is 0 Å². The summed E-state index contributed by atoms with van der Waals surface area (Å²) in [6, 6.07) is 83.6. The molecular weight excluding hydrogens is 1600 g/mol. The molecule has 1 aromatic heterocycles. The standard InChI is InChI=1S/C51H42N6O6.C20H19NO2.C18H15NO2.C17H13NO2.CH4/c1-49(2,34-7-19-40(20-8-34)54-33-58)37-13-25-43(26-14-37)61-46-55-47(62-44-27-15-38(16-28-44)50(3,4)35-9-21-41(22-10-35)59-31-52)57-48(56-46)63-45-29-17-39(18-30-45)51(5,6)36-11-23-42(24-12-36)60-32-53;1-6-22-19-13(2)7-17(8-14(19)3)11-18-9-15(4)20(23-12-21)16(5)10-18;1-4-20-16-9-5-14(6-10-16)18(2,3)15-7-11-17(12-8-15)21-13-19;1-3-19-16-8-4-14(5-9-16)13(2)15-6-10-17(11-7-15)20-12-18;/h7-30H,1-6H3;1,7-10H,11H2,2-5H3;1,5-12H,2-3H3;1,4-11,13H,2H3;1H4. The lowest BCUT2D eigenvalue weighted by Gasteiger charge is -2.26. The molecule has 21 nitrogen and oxygen atoms in total. The van der Waals surface area contributed by atoms with Gasteiger partial charge in [-0.1, -0.05) is 235 Å². The summed E-state index contributed by atoms with van der Waals surface area (Å²) in [5, 5.41) is 43.4. The van der Waals surface area contributed by atoms with E-state index in [1.165, 1.54) is 11.1 Å². The summed E-state index contributed by atoms with van der Waals surface area (Å²) in [5.41, 5.74) is 16.3. The highest BCUT2D eigenvalue weighted by atomic mass is 16.5. The number of nitrogens with zero attached hydrogens (tertiary/aromatic N) is 9. The third-order valence-corrected chi connectivity index (χ3v) is 21.5. The van der Waals surface area contributed by atoms with Crippen LogP contribution in [-0.2, 0) is 32.9 Å². The summed E-state index contributed by atoms with van der Waals surface area (Å²) in [5.74, 6) is 6.39. The molecule has 1 unspecified atom stereocenters. The van der Waals surface area contributed by atoms with E-state index in [0.717, 1.165) is 90.1 Å². The molecule has 0 aliphatic rings. The summed E-state index contributed by atoms with van der Waals surface area (Å²) in [6.07, 6.45) is 32.8. The van der Waals surface area contributed by atoms with E-state index in [9.17, 15) is 4.79 Å².